The van der Waals surface area contributed by atoms with Crippen LogP contribution >= 0.6 is 0 Å². The molecule has 1 aliphatic heterocycles. The van der Waals surface area contributed by atoms with Crippen LogP contribution in [0.5, 0.6) is 5.75 Å². The highest BCUT2D eigenvalue weighted by Gasteiger charge is 2.41. The number of likely N-dealkylation sites (tertiary alicyclic amines) is 1. The van der Waals surface area contributed by atoms with E-state index in [0.717, 1.165) is 37.4 Å². The SMILES string of the molecule is N#CCc1ccc(OCCN2CC3CCC(O)C3C2)cc1. The molecule has 1 aromatic rings. The van der Waals surface area contributed by atoms with E-state index in [1.807, 2.05) is 24.3 Å². The van der Waals surface area contributed by atoms with Crippen molar-refractivity contribution < 1.29 is 9.84 Å². The molecule has 0 radical (unpaired) electrons. The van der Waals surface area contributed by atoms with Crippen molar-refractivity contribution in [2.45, 2.75) is 25.4 Å². The summed E-state index contributed by atoms with van der Waals surface area (Å²) in [6.07, 6.45) is 2.51. The lowest BCUT2D eigenvalue weighted by Crippen LogP contribution is -2.28. The van der Waals surface area contributed by atoms with Gasteiger partial charge in [-0.1, -0.05) is 12.1 Å². The van der Waals surface area contributed by atoms with Crippen molar-refractivity contribution in [3.63, 3.8) is 0 Å². The van der Waals surface area contributed by atoms with Gasteiger partial charge in [0.05, 0.1) is 18.6 Å². The number of rotatable bonds is 5. The van der Waals surface area contributed by atoms with E-state index in [9.17, 15) is 5.11 Å². The van der Waals surface area contributed by atoms with E-state index in [-0.39, 0.29) is 6.10 Å². The number of fused-ring (bicyclic) bond motifs is 1. The normalized spacial score (nSPS) is 28.3. The van der Waals surface area contributed by atoms with Crippen LogP contribution in [0.15, 0.2) is 24.3 Å². The van der Waals surface area contributed by atoms with Crippen molar-refractivity contribution in [3.8, 4) is 11.8 Å². The summed E-state index contributed by atoms with van der Waals surface area (Å²) >= 11 is 0. The van der Waals surface area contributed by atoms with Gasteiger partial charge in [-0.05, 0) is 36.5 Å². The zero-order valence-corrected chi connectivity index (χ0v) is 12.2. The van der Waals surface area contributed by atoms with Crippen LogP contribution in [0.1, 0.15) is 18.4 Å². The van der Waals surface area contributed by atoms with Gasteiger partial charge in [0.1, 0.15) is 12.4 Å². The Kier molecular flexibility index (Phi) is 4.42. The molecule has 3 atom stereocenters. The van der Waals surface area contributed by atoms with Gasteiger partial charge >= 0.3 is 0 Å². The summed E-state index contributed by atoms with van der Waals surface area (Å²) < 4.78 is 5.76. The summed E-state index contributed by atoms with van der Waals surface area (Å²) in [5, 5.41) is 18.5. The van der Waals surface area contributed by atoms with Gasteiger partial charge in [0.15, 0.2) is 0 Å². The summed E-state index contributed by atoms with van der Waals surface area (Å²) in [6.45, 7) is 3.70. The number of aliphatic hydroxyl groups is 1. The second-order valence-corrected chi connectivity index (χ2v) is 6.16. The lowest BCUT2D eigenvalue weighted by Gasteiger charge is -2.18. The molecule has 0 bridgehead atoms. The van der Waals surface area contributed by atoms with Crippen LogP contribution in [0, 0.1) is 23.2 Å². The molecule has 4 nitrogen and oxygen atoms in total. The molecule has 2 aliphatic rings. The maximum absolute atomic E-state index is 9.91. The first-order chi connectivity index (χ1) is 10.3. The van der Waals surface area contributed by atoms with Gasteiger partial charge in [0.2, 0.25) is 0 Å². The van der Waals surface area contributed by atoms with Crippen molar-refractivity contribution in [1.82, 2.24) is 4.90 Å². The Morgan fingerprint density at radius 2 is 2.05 bits per heavy atom. The number of nitriles is 1. The van der Waals surface area contributed by atoms with Gasteiger partial charge in [-0.2, -0.15) is 5.26 Å². The standard InChI is InChI=1S/C17H22N2O2/c18-8-7-13-1-4-15(5-2-13)21-10-9-19-11-14-3-6-17(20)16(14)12-19/h1-2,4-5,14,16-17,20H,3,6-7,9-12H2. The molecule has 1 saturated heterocycles. The van der Waals surface area contributed by atoms with Gasteiger partial charge in [-0.3, -0.25) is 4.90 Å². The Balaban J connectivity index is 1.41. The molecule has 3 unspecified atom stereocenters. The smallest absolute Gasteiger partial charge is 0.119 e. The van der Waals surface area contributed by atoms with E-state index >= 15 is 0 Å². The molecule has 21 heavy (non-hydrogen) atoms. The average molecular weight is 286 g/mol. The van der Waals surface area contributed by atoms with Gasteiger partial charge in [0.25, 0.3) is 0 Å². The summed E-state index contributed by atoms with van der Waals surface area (Å²) in [5.41, 5.74) is 1.02. The molecule has 1 saturated carbocycles. The molecule has 4 heteroatoms. The van der Waals surface area contributed by atoms with Crippen LogP contribution in [0.3, 0.4) is 0 Å². The number of ether oxygens (including phenoxy) is 1. The minimum absolute atomic E-state index is 0.0893. The number of nitrogens with zero attached hydrogens (tertiary/aromatic N) is 2. The van der Waals surface area contributed by atoms with Crippen LogP contribution < -0.4 is 4.74 Å². The second kappa shape index (κ2) is 6.46. The van der Waals surface area contributed by atoms with Gasteiger partial charge in [-0.25, -0.2) is 0 Å². The van der Waals surface area contributed by atoms with E-state index < -0.39 is 0 Å². The fourth-order valence-corrected chi connectivity index (χ4v) is 3.60. The first-order valence-corrected chi connectivity index (χ1v) is 7.75. The third-order valence-electron chi connectivity index (χ3n) is 4.78. The fraction of sp³-hybridized carbons (Fsp3) is 0.588. The molecule has 3 rings (SSSR count). The number of hydrogen-bond acceptors (Lipinski definition) is 4. The molecule has 1 aromatic carbocycles. The van der Waals surface area contributed by atoms with Crippen LogP contribution in [0.25, 0.3) is 0 Å². The Morgan fingerprint density at radius 3 is 2.76 bits per heavy atom. The van der Waals surface area contributed by atoms with E-state index in [4.69, 9.17) is 10.00 Å². The van der Waals surface area contributed by atoms with Crippen molar-refractivity contribution in [3.05, 3.63) is 29.8 Å². The maximum Gasteiger partial charge on any atom is 0.119 e. The molecule has 0 spiro atoms. The van der Waals surface area contributed by atoms with E-state index in [1.165, 1.54) is 6.42 Å². The third-order valence-corrected chi connectivity index (χ3v) is 4.78. The van der Waals surface area contributed by atoms with Crippen LogP contribution in [0.2, 0.25) is 0 Å². The van der Waals surface area contributed by atoms with E-state index in [0.29, 0.717) is 24.9 Å². The Labute approximate surface area is 125 Å². The summed E-state index contributed by atoms with van der Waals surface area (Å²) in [4.78, 5) is 2.40. The molecule has 0 amide bonds. The fourth-order valence-electron chi connectivity index (χ4n) is 3.60. The third kappa shape index (κ3) is 3.37. The topological polar surface area (TPSA) is 56.5 Å². The molecule has 1 heterocycles. The Hall–Kier alpha value is -1.57. The van der Waals surface area contributed by atoms with Crippen molar-refractivity contribution >= 4 is 0 Å². The number of hydrogen-bond donors (Lipinski definition) is 1. The van der Waals surface area contributed by atoms with Gasteiger partial charge < -0.3 is 9.84 Å². The minimum atomic E-state index is -0.0893. The van der Waals surface area contributed by atoms with Gasteiger partial charge in [0, 0.05) is 25.6 Å². The first-order valence-electron chi connectivity index (χ1n) is 7.75. The quantitative estimate of drug-likeness (QED) is 0.897. The molecular weight excluding hydrogens is 264 g/mol. The minimum Gasteiger partial charge on any atom is -0.492 e. The number of benzene rings is 1. The summed E-state index contributed by atoms with van der Waals surface area (Å²) in [7, 11) is 0. The largest absolute Gasteiger partial charge is 0.492 e. The predicted octanol–water partition coefficient (Wildman–Crippen LogP) is 1.83. The van der Waals surface area contributed by atoms with E-state index in [1.54, 1.807) is 0 Å². The van der Waals surface area contributed by atoms with Crippen molar-refractivity contribution in [2.24, 2.45) is 11.8 Å². The first kappa shape index (κ1) is 14.4. The monoisotopic (exact) mass is 286 g/mol. The second-order valence-electron chi connectivity index (χ2n) is 6.16. The maximum atomic E-state index is 9.91. The zero-order valence-electron chi connectivity index (χ0n) is 12.2. The number of aliphatic hydroxyl groups excluding tert-OH is 1. The van der Waals surface area contributed by atoms with E-state index in [2.05, 4.69) is 11.0 Å². The molecule has 0 aromatic heterocycles. The van der Waals surface area contributed by atoms with Crippen LogP contribution in [0.4, 0.5) is 0 Å². The zero-order chi connectivity index (χ0) is 14.7. The highest BCUT2D eigenvalue weighted by molar-refractivity contribution is 5.28. The molecular formula is C17H22N2O2. The lowest BCUT2D eigenvalue weighted by atomic mass is 10.00. The molecule has 1 N–H and O–H groups in total. The van der Waals surface area contributed by atoms with Crippen LogP contribution in [-0.2, 0) is 6.42 Å². The van der Waals surface area contributed by atoms with Crippen molar-refractivity contribution in [2.75, 3.05) is 26.2 Å². The summed E-state index contributed by atoms with van der Waals surface area (Å²) in [5.74, 6) is 2.02. The molecule has 2 fully saturated rings. The molecule has 1 aliphatic carbocycles. The van der Waals surface area contributed by atoms with Gasteiger partial charge in [-0.15, -0.1) is 0 Å². The highest BCUT2D eigenvalue weighted by Crippen LogP contribution is 2.37. The average Bonchev–Trinajstić information content (AvgIpc) is 3.04. The lowest BCUT2D eigenvalue weighted by molar-refractivity contribution is 0.122. The van der Waals surface area contributed by atoms with Crippen molar-refractivity contribution in [1.29, 1.82) is 5.26 Å². The highest BCUT2D eigenvalue weighted by atomic mass is 16.5. The Bertz CT molecular complexity index is 509. The van der Waals surface area contributed by atoms with Crippen LogP contribution in [-0.4, -0.2) is 42.4 Å². The summed E-state index contributed by atoms with van der Waals surface area (Å²) in [6, 6.07) is 9.87. The molecule has 112 valence electrons. The Morgan fingerprint density at radius 1 is 1.24 bits per heavy atom. The predicted molar refractivity (Wildman–Crippen MR) is 79.9 cm³/mol.